The number of aliphatic hydroxyl groups is 1. The number of rotatable bonds is 6. The first-order valence-electron chi connectivity index (χ1n) is 7.61. The lowest BCUT2D eigenvalue weighted by Crippen LogP contribution is -2.10. The Hall–Kier alpha value is -2.27. The van der Waals surface area contributed by atoms with Crippen molar-refractivity contribution in [2.75, 3.05) is 13.7 Å². The Morgan fingerprint density at radius 2 is 1.91 bits per heavy atom. The second-order valence-electron chi connectivity index (χ2n) is 5.57. The highest BCUT2D eigenvalue weighted by Crippen LogP contribution is 2.24. The van der Waals surface area contributed by atoms with Gasteiger partial charge in [-0.05, 0) is 44.0 Å². The van der Waals surface area contributed by atoms with Crippen LogP contribution in [-0.2, 0) is 11.2 Å². The minimum atomic E-state index is -0.618. The lowest BCUT2D eigenvalue weighted by molar-refractivity contribution is 0.0502. The number of carbonyl (C=O) groups excluding carboxylic acids is 1. The topological polar surface area (TPSA) is 71.5 Å². The number of carbonyl (C=O) groups is 1. The zero-order valence-corrected chi connectivity index (χ0v) is 14.0. The number of hydrogen-bond donors (Lipinski definition) is 2. The number of aryl methyl sites for hydroxylation is 1. The van der Waals surface area contributed by atoms with Gasteiger partial charge in [0.1, 0.15) is 11.4 Å². The Labute approximate surface area is 136 Å². The normalized spacial score (nSPS) is 12.0. The molecule has 5 heteroatoms. The third-order valence-electron chi connectivity index (χ3n) is 3.90. The van der Waals surface area contributed by atoms with E-state index in [9.17, 15) is 9.90 Å². The molecule has 0 spiro atoms. The number of aromatic amines is 1. The fourth-order valence-corrected chi connectivity index (χ4v) is 2.72. The molecule has 1 aromatic carbocycles. The van der Waals surface area contributed by atoms with Gasteiger partial charge in [-0.1, -0.05) is 12.1 Å². The second kappa shape index (κ2) is 7.33. The number of ether oxygens (including phenoxy) is 2. The van der Waals surface area contributed by atoms with E-state index in [1.54, 1.807) is 14.0 Å². The number of H-pyrrole nitrogens is 1. The molecule has 0 saturated carbocycles. The van der Waals surface area contributed by atoms with Crippen LogP contribution in [0.2, 0.25) is 0 Å². The van der Waals surface area contributed by atoms with Crippen LogP contribution >= 0.6 is 0 Å². The summed E-state index contributed by atoms with van der Waals surface area (Å²) in [7, 11) is 1.62. The molecule has 124 valence electrons. The molecule has 0 unspecified atom stereocenters. The molecule has 0 aliphatic heterocycles. The molecule has 0 fully saturated rings. The van der Waals surface area contributed by atoms with Gasteiger partial charge in [-0.2, -0.15) is 0 Å². The van der Waals surface area contributed by atoms with Crippen molar-refractivity contribution >= 4 is 5.97 Å². The molecule has 0 saturated heterocycles. The Morgan fingerprint density at radius 3 is 2.43 bits per heavy atom. The van der Waals surface area contributed by atoms with Crippen LogP contribution in [0.1, 0.15) is 45.9 Å². The van der Waals surface area contributed by atoms with Crippen molar-refractivity contribution in [1.29, 1.82) is 0 Å². The zero-order chi connectivity index (χ0) is 17.0. The predicted molar refractivity (Wildman–Crippen MR) is 87.9 cm³/mol. The summed E-state index contributed by atoms with van der Waals surface area (Å²) >= 11 is 0. The molecular weight excluding hydrogens is 294 g/mol. The summed E-state index contributed by atoms with van der Waals surface area (Å²) in [6.07, 6.45) is 0.0182. The van der Waals surface area contributed by atoms with Crippen LogP contribution in [0.3, 0.4) is 0 Å². The largest absolute Gasteiger partial charge is 0.497 e. The fourth-order valence-electron chi connectivity index (χ4n) is 2.72. The van der Waals surface area contributed by atoms with Gasteiger partial charge in [0.25, 0.3) is 0 Å². The Kier molecular flexibility index (Phi) is 5.45. The maximum absolute atomic E-state index is 12.2. The Bertz CT molecular complexity index is 671. The van der Waals surface area contributed by atoms with E-state index in [1.807, 2.05) is 38.1 Å². The lowest BCUT2D eigenvalue weighted by atomic mass is 10.1. The van der Waals surface area contributed by atoms with Crippen LogP contribution in [0.5, 0.6) is 5.75 Å². The van der Waals surface area contributed by atoms with Gasteiger partial charge < -0.3 is 19.6 Å². The van der Waals surface area contributed by atoms with E-state index in [1.165, 1.54) is 0 Å². The van der Waals surface area contributed by atoms with E-state index < -0.39 is 12.1 Å². The van der Waals surface area contributed by atoms with Crippen molar-refractivity contribution in [2.45, 2.75) is 33.3 Å². The first-order valence-corrected chi connectivity index (χ1v) is 7.61. The molecule has 0 aliphatic carbocycles. The first-order chi connectivity index (χ1) is 10.9. The third kappa shape index (κ3) is 3.93. The molecule has 5 nitrogen and oxygen atoms in total. The zero-order valence-electron chi connectivity index (χ0n) is 14.0. The molecule has 0 bridgehead atoms. The number of aliphatic hydroxyl groups excluding tert-OH is 1. The van der Waals surface area contributed by atoms with Crippen LogP contribution in [0, 0.1) is 13.8 Å². The Balaban J connectivity index is 1.96. The van der Waals surface area contributed by atoms with E-state index in [0.29, 0.717) is 18.7 Å². The number of benzene rings is 1. The first kappa shape index (κ1) is 17.1. The van der Waals surface area contributed by atoms with Crippen molar-refractivity contribution in [3.63, 3.8) is 0 Å². The number of nitrogens with one attached hydrogen (secondary N) is 1. The number of methoxy groups -OCH3 is 1. The SMILES string of the molecule is COc1ccc(CCOC(=O)c2[nH]c(C)c([C@H](C)O)c2C)cc1. The van der Waals surface area contributed by atoms with Gasteiger partial charge >= 0.3 is 5.97 Å². The number of hydrogen-bond acceptors (Lipinski definition) is 4. The summed E-state index contributed by atoms with van der Waals surface area (Å²) in [5, 5.41) is 9.77. The van der Waals surface area contributed by atoms with Gasteiger partial charge in [-0.15, -0.1) is 0 Å². The smallest absolute Gasteiger partial charge is 0.355 e. The van der Waals surface area contributed by atoms with E-state index in [-0.39, 0.29) is 0 Å². The molecule has 1 atom stereocenters. The summed E-state index contributed by atoms with van der Waals surface area (Å²) < 4.78 is 10.4. The summed E-state index contributed by atoms with van der Waals surface area (Å²) in [5.41, 5.74) is 3.77. The standard InChI is InChI=1S/C18H23NO4/c1-11-16(13(3)20)12(2)19-17(11)18(21)23-10-9-14-5-7-15(22-4)8-6-14/h5-8,13,19-20H,9-10H2,1-4H3/t13-/m0/s1. The van der Waals surface area contributed by atoms with Crippen molar-refractivity contribution in [2.24, 2.45) is 0 Å². The van der Waals surface area contributed by atoms with E-state index in [4.69, 9.17) is 9.47 Å². The Morgan fingerprint density at radius 1 is 1.26 bits per heavy atom. The van der Waals surface area contributed by atoms with Crippen molar-refractivity contribution in [3.8, 4) is 5.75 Å². The highest BCUT2D eigenvalue weighted by Gasteiger charge is 2.20. The molecule has 0 amide bonds. The highest BCUT2D eigenvalue weighted by molar-refractivity contribution is 5.89. The van der Waals surface area contributed by atoms with Crippen molar-refractivity contribution in [1.82, 2.24) is 4.98 Å². The average Bonchev–Trinajstić information content (AvgIpc) is 2.82. The van der Waals surface area contributed by atoms with Crippen molar-refractivity contribution in [3.05, 3.63) is 52.3 Å². The van der Waals surface area contributed by atoms with E-state index >= 15 is 0 Å². The van der Waals surface area contributed by atoms with E-state index in [2.05, 4.69) is 4.98 Å². The molecule has 1 aromatic heterocycles. The highest BCUT2D eigenvalue weighted by atomic mass is 16.5. The van der Waals surface area contributed by atoms with Gasteiger partial charge in [0.15, 0.2) is 0 Å². The lowest BCUT2D eigenvalue weighted by Gasteiger charge is -2.07. The monoisotopic (exact) mass is 317 g/mol. The minimum absolute atomic E-state index is 0.298. The van der Waals surface area contributed by atoms with Crippen LogP contribution < -0.4 is 4.74 Å². The van der Waals surface area contributed by atoms with Gasteiger partial charge in [0.05, 0.1) is 19.8 Å². The summed E-state index contributed by atoms with van der Waals surface area (Å²) in [6, 6.07) is 7.65. The maximum Gasteiger partial charge on any atom is 0.355 e. The molecular formula is C18H23NO4. The molecule has 2 N–H and O–H groups in total. The van der Waals surface area contributed by atoms with E-state index in [0.717, 1.165) is 28.1 Å². The fraction of sp³-hybridized carbons (Fsp3) is 0.389. The van der Waals surface area contributed by atoms with Crippen LogP contribution in [0.15, 0.2) is 24.3 Å². The molecule has 2 rings (SSSR count). The summed E-state index contributed by atoms with van der Waals surface area (Å²) in [6.45, 7) is 5.63. The molecule has 2 aromatic rings. The molecule has 0 radical (unpaired) electrons. The molecule has 1 heterocycles. The van der Waals surface area contributed by atoms with Gasteiger partial charge in [0, 0.05) is 17.7 Å². The second-order valence-corrected chi connectivity index (χ2v) is 5.57. The van der Waals surface area contributed by atoms with Gasteiger partial charge in [-0.3, -0.25) is 0 Å². The molecule has 23 heavy (non-hydrogen) atoms. The quantitative estimate of drug-likeness (QED) is 0.803. The predicted octanol–water partition coefficient (Wildman–Crippen LogP) is 3.09. The summed E-state index contributed by atoms with van der Waals surface area (Å²) in [5.74, 6) is 0.403. The van der Waals surface area contributed by atoms with Crippen LogP contribution in [-0.4, -0.2) is 29.8 Å². The minimum Gasteiger partial charge on any atom is -0.497 e. The third-order valence-corrected chi connectivity index (χ3v) is 3.90. The summed E-state index contributed by atoms with van der Waals surface area (Å²) in [4.78, 5) is 15.2. The maximum atomic E-state index is 12.2. The number of esters is 1. The molecule has 0 aliphatic rings. The van der Waals surface area contributed by atoms with Crippen LogP contribution in [0.25, 0.3) is 0 Å². The van der Waals surface area contributed by atoms with Crippen molar-refractivity contribution < 1.29 is 19.4 Å². The average molecular weight is 317 g/mol. The van der Waals surface area contributed by atoms with Gasteiger partial charge in [-0.25, -0.2) is 4.79 Å². The van der Waals surface area contributed by atoms with Crippen LogP contribution in [0.4, 0.5) is 0 Å². The number of aromatic nitrogens is 1. The van der Waals surface area contributed by atoms with Gasteiger partial charge in [0.2, 0.25) is 0 Å².